The maximum Gasteiger partial charge on any atom is 0.251 e. The van der Waals surface area contributed by atoms with Crippen LogP contribution in [0.3, 0.4) is 0 Å². The van der Waals surface area contributed by atoms with Crippen molar-refractivity contribution in [1.82, 2.24) is 20.4 Å². The van der Waals surface area contributed by atoms with E-state index >= 15 is 0 Å². The third-order valence-electron chi connectivity index (χ3n) is 7.69. The quantitative estimate of drug-likeness (QED) is 0.529. The van der Waals surface area contributed by atoms with Crippen LogP contribution in [-0.2, 0) is 19.2 Å². The van der Waals surface area contributed by atoms with Gasteiger partial charge in [-0.15, -0.1) is 0 Å². The van der Waals surface area contributed by atoms with Crippen molar-refractivity contribution in [3.8, 4) is 0 Å². The summed E-state index contributed by atoms with van der Waals surface area (Å²) in [6.45, 7) is 9.15. The summed E-state index contributed by atoms with van der Waals surface area (Å²) in [5.41, 5.74) is 1.57. The van der Waals surface area contributed by atoms with Gasteiger partial charge >= 0.3 is 0 Å². The Morgan fingerprint density at radius 2 is 1.58 bits per heavy atom. The van der Waals surface area contributed by atoms with Crippen LogP contribution in [-0.4, -0.2) is 89.6 Å². The van der Waals surface area contributed by atoms with E-state index in [9.17, 15) is 24.0 Å². The zero-order chi connectivity index (χ0) is 27.6. The zero-order valence-corrected chi connectivity index (χ0v) is 22.7. The number of hydrogen-bond donors (Lipinski definition) is 2. The topological polar surface area (TPSA) is 119 Å². The van der Waals surface area contributed by atoms with Crippen molar-refractivity contribution in [1.29, 1.82) is 0 Å². The molecular weight excluding hydrogens is 486 g/mol. The SMILES string of the molecule is CC(=O)NC(C)C(=O)N1CC(=O)C2C1CCN2C(=O)C(CC(C)C)NC(=O)c1ccc(N2CCCC2)cc1. The van der Waals surface area contributed by atoms with E-state index in [4.69, 9.17) is 0 Å². The van der Waals surface area contributed by atoms with Crippen molar-refractivity contribution in [2.45, 2.75) is 77.5 Å². The Balaban J connectivity index is 1.45. The van der Waals surface area contributed by atoms with Gasteiger partial charge in [-0.1, -0.05) is 13.8 Å². The first kappa shape index (κ1) is 27.6. The average molecular weight is 526 g/mol. The van der Waals surface area contributed by atoms with Crippen molar-refractivity contribution < 1.29 is 24.0 Å². The molecule has 1 aromatic rings. The third-order valence-corrected chi connectivity index (χ3v) is 7.69. The number of rotatable bonds is 8. The van der Waals surface area contributed by atoms with Gasteiger partial charge in [-0.25, -0.2) is 0 Å². The highest BCUT2D eigenvalue weighted by Crippen LogP contribution is 2.31. The lowest BCUT2D eigenvalue weighted by Gasteiger charge is -2.29. The molecule has 10 heteroatoms. The highest BCUT2D eigenvalue weighted by Gasteiger charge is 2.52. The van der Waals surface area contributed by atoms with Crippen molar-refractivity contribution in [3.63, 3.8) is 0 Å². The summed E-state index contributed by atoms with van der Waals surface area (Å²) >= 11 is 0. The lowest BCUT2D eigenvalue weighted by atomic mass is 10.0. The van der Waals surface area contributed by atoms with Crippen LogP contribution in [0.15, 0.2) is 24.3 Å². The predicted octanol–water partition coefficient (Wildman–Crippen LogP) is 1.34. The molecule has 0 aromatic heterocycles. The van der Waals surface area contributed by atoms with Gasteiger partial charge in [0.25, 0.3) is 5.91 Å². The van der Waals surface area contributed by atoms with E-state index in [1.807, 2.05) is 26.0 Å². The molecule has 1 aromatic carbocycles. The third kappa shape index (κ3) is 5.84. The van der Waals surface area contributed by atoms with Crippen LogP contribution < -0.4 is 15.5 Å². The summed E-state index contributed by atoms with van der Waals surface area (Å²) in [4.78, 5) is 69.5. The number of fused-ring (bicyclic) bond motifs is 1. The number of nitrogens with zero attached hydrogens (tertiary/aromatic N) is 3. The number of carbonyl (C=O) groups is 5. The molecule has 3 fully saturated rings. The van der Waals surface area contributed by atoms with Crippen LogP contribution >= 0.6 is 0 Å². The Kier molecular flexibility index (Phi) is 8.38. The van der Waals surface area contributed by atoms with Crippen LogP contribution in [0.4, 0.5) is 5.69 Å². The fourth-order valence-electron chi connectivity index (χ4n) is 5.91. The number of ketones is 1. The normalized spacial score (nSPS) is 22.4. The number of benzene rings is 1. The second-order valence-electron chi connectivity index (χ2n) is 11.1. The molecule has 3 heterocycles. The van der Waals surface area contributed by atoms with Gasteiger partial charge in [-0.05, 0) is 62.8 Å². The van der Waals surface area contributed by atoms with Gasteiger partial charge in [0, 0.05) is 37.8 Å². The molecule has 0 bridgehead atoms. The van der Waals surface area contributed by atoms with Gasteiger partial charge in [-0.2, -0.15) is 0 Å². The molecule has 3 saturated heterocycles. The fourth-order valence-corrected chi connectivity index (χ4v) is 5.91. The summed E-state index contributed by atoms with van der Waals surface area (Å²) in [7, 11) is 0. The van der Waals surface area contributed by atoms with Crippen molar-refractivity contribution in [2.75, 3.05) is 31.1 Å². The molecule has 3 aliphatic heterocycles. The number of hydrogen-bond acceptors (Lipinski definition) is 6. The Hall–Kier alpha value is -3.43. The highest BCUT2D eigenvalue weighted by molar-refractivity contribution is 6.01. The van der Waals surface area contributed by atoms with Crippen molar-refractivity contribution >= 4 is 35.1 Å². The van der Waals surface area contributed by atoms with Crippen LogP contribution in [0.2, 0.25) is 0 Å². The van der Waals surface area contributed by atoms with E-state index in [0.29, 0.717) is 24.9 Å². The maximum absolute atomic E-state index is 13.7. The largest absolute Gasteiger partial charge is 0.372 e. The van der Waals surface area contributed by atoms with E-state index in [1.165, 1.54) is 29.6 Å². The molecule has 0 radical (unpaired) electrons. The molecule has 10 nitrogen and oxygen atoms in total. The van der Waals surface area contributed by atoms with Crippen molar-refractivity contribution in [3.05, 3.63) is 29.8 Å². The molecule has 206 valence electrons. The Morgan fingerprint density at radius 1 is 0.921 bits per heavy atom. The van der Waals surface area contributed by atoms with Crippen LogP contribution in [0.5, 0.6) is 0 Å². The lowest BCUT2D eigenvalue weighted by molar-refractivity contribution is -0.138. The van der Waals surface area contributed by atoms with Gasteiger partial charge in [0.05, 0.1) is 12.6 Å². The Morgan fingerprint density at radius 3 is 2.18 bits per heavy atom. The summed E-state index contributed by atoms with van der Waals surface area (Å²) in [5, 5.41) is 5.49. The molecule has 38 heavy (non-hydrogen) atoms. The Bertz CT molecular complexity index is 1080. The minimum Gasteiger partial charge on any atom is -0.372 e. The molecule has 0 aliphatic carbocycles. The number of nitrogens with one attached hydrogen (secondary N) is 2. The van der Waals surface area contributed by atoms with Crippen LogP contribution in [0.1, 0.15) is 63.7 Å². The molecule has 3 aliphatic rings. The monoisotopic (exact) mass is 525 g/mol. The first-order valence-corrected chi connectivity index (χ1v) is 13.6. The number of Topliss-reactive ketones (excluding diaryl/α,β-unsaturated/α-hetero) is 1. The second kappa shape index (κ2) is 11.5. The number of likely N-dealkylation sites (tertiary alicyclic amines) is 2. The molecule has 4 rings (SSSR count). The van der Waals surface area contributed by atoms with E-state index < -0.39 is 24.2 Å². The lowest BCUT2D eigenvalue weighted by Crippen LogP contribution is -2.53. The molecule has 4 unspecified atom stereocenters. The van der Waals surface area contributed by atoms with Gasteiger partial charge in [-0.3, -0.25) is 24.0 Å². The summed E-state index contributed by atoms with van der Waals surface area (Å²) in [6, 6.07) is 4.75. The van der Waals surface area contributed by atoms with E-state index in [2.05, 4.69) is 15.5 Å². The minimum absolute atomic E-state index is 0.0908. The molecule has 0 spiro atoms. The summed E-state index contributed by atoms with van der Waals surface area (Å²) < 4.78 is 0. The van der Waals surface area contributed by atoms with Gasteiger partial charge in [0.1, 0.15) is 18.1 Å². The fraction of sp³-hybridized carbons (Fsp3) is 0.607. The molecular formula is C28H39N5O5. The van der Waals surface area contributed by atoms with E-state index in [0.717, 1.165) is 18.8 Å². The smallest absolute Gasteiger partial charge is 0.251 e. The standard InChI is InChI=1S/C28H39N5O5/c1-17(2)15-22(30-26(36)20-7-9-21(10-8-20)31-12-5-6-13-31)28(38)32-14-11-23-25(32)24(35)16-33(23)27(37)18(3)29-19(4)34/h7-10,17-18,22-23,25H,5-6,11-16H2,1-4H3,(H,29,34)(H,30,36). The van der Waals surface area contributed by atoms with Crippen LogP contribution in [0, 0.1) is 5.92 Å². The molecule has 4 atom stereocenters. The molecule has 0 saturated carbocycles. The first-order chi connectivity index (χ1) is 18.1. The number of carbonyl (C=O) groups excluding carboxylic acids is 5. The summed E-state index contributed by atoms with van der Waals surface area (Å²) in [5.74, 6) is -1.35. The summed E-state index contributed by atoms with van der Waals surface area (Å²) in [6.07, 6.45) is 3.24. The first-order valence-electron chi connectivity index (χ1n) is 13.6. The van der Waals surface area contributed by atoms with Crippen LogP contribution in [0.25, 0.3) is 0 Å². The number of amides is 4. The predicted molar refractivity (Wildman–Crippen MR) is 143 cm³/mol. The second-order valence-corrected chi connectivity index (χ2v) is 11.1. The van der Waals surface area contributed by atoms with Gasteiger partial charge < -0.3 is 25.3 Å². The average Bonchev–Trinajstić information content (AvgIpc) is 3.61. The Labute approximate surface area is 224 Å². The van der Waals surface area contributed by atoms with Gasteiger partial charge in [0.2, 0.25) is 17.7 Å². The maximum atomic E-state index is 13.7. The van der Waals surface area contributed by atoms with E-state index in [-0.39, 0.29) is 41.9 Å². The highest BCUT2D eigenvalue weighted by atomic mass is 16.2. The minimum atomic E-state index is -0.782. The van der Waals surface area contributed by atoms with Crippen molar-refractivity contribution in [2.24, 2.45) is 5.92 Å². The number of anilines is 1. The molecule has 2 N–H and O–H groups in total. The van der Waals surface area contributed by atoms with E-state index in [1.54, 1.807) is 19.1 Å². The zero-order valence-electron chi connectivity index (χ0n) is 22.7. The van der Waals surface area contributed by atoms with Gasteiger partial charge in [0.15, 0.2) is 5.78 Å². The molecule has 4 amide bonds.